The highest BCUT2D eigenvalue weighted by Crippen LogP contribution is 2.24. The van der Waals surface area contributed by atoms with Crippen LogP contribution in [0, 0.1) is 11.3 Å². The van der Waals surface area contributed by atoms with Crippen LogP contribution in [0.5, 0.6) is 0 Å². The minimum atomic E-state index is 0.123. The second kappa shape index (κ2) is 4.85. The fraction of sp³-hybridized carbons (Fsp3) is 0.167. The van der Waals surface area contributed by atoms with Crippen molar-refractivity contribution in [3.63, 3.8) is 0 Å². The first-order valence-corrected chi connectivity index (χ1v) is 6.04. The Balaban J connectivity index is 2.22. The van der Waals surface area contributed by atoms with Crippen molar-refractivity contribution in [3.8, 4) is 6.07 Å². The van der Waals surface area contributed by atoms with Crippen molar-refractivity contribution < 1.29 is 0 Å². The predicted molar refractivity (Wildman–Crippen MR) is 69.7 cm³/mol. The van der Waals surface area contributed by atoms with Crippen LogP contribution in [0.4, 0.5) is 11.5 Å². The van der Waals surface area contributed by atoms with Crippen molar-refractivity contribution >= 4 is 22.8 Å². The van der Waals surface area contributed by atoms with Crippen LogP contribution in [-0.4, -0.2) is 4.98 Å². The second-order valence-corrected chi connectivity index (χ2v) is 4.64. The number of nitriles is 1. The van der Waals surface area contributed by atoms with Gasteiger partial charge < -0.3 is 11.1 Å². The van der Waals surface area contributed by atoms with Crippen LogP contribution >= 0.6 is 11.3 Å². The van der Waals surface area contributed by atoms with E-state index in [4.69, 9.17) is 11.0 Å². The molecular weight excluding hydrogens is 232 g/mol. The summed E-state index contributed by atoms with van der Waals surface area (Å²) in [4.78, 5) is 5.35. The number of hydrogen-bond donors (Lipinski definition) is 2. The Morgan fingerprint density at radius 1 is 1.59 bits per heavy atom. The minimum Gasteiger partial charge on any atom is -0.397 e. The summed E-state index contributed by atoms with van der Waals surface area (Å²) >= 11 is 1.67. The molecule has 1 unspecified atom stereocenters. The fourth-order valence-electron chi connectivity index (χ4n) is 1.50. The zero-order chi connectivity index (χ0) is 12.3. The summed E-state index contributed by atoms with van der Waals surface area (Å²) in [6.07, 6.45) is 1.55. The number of thiophene rings is 1. The Hall–Kier alpha value is -2.06. The number of nitrogen functional groups attached to an aromatic ring is 1. The monoisotopic (exact) mass is 244 g/mol. The van der Waals surface area contributed by atoms with Gasteiger partial charge in [0.25, 0.3) is 0 Å². The lowest BCUT2D eigenvalue weighted by atomic mass is 10.2. The summed E-state index contributed by atoms with van der Waals surface area (Å²) in [5.41, 5.74) is 6.55. The molecule has 0 bridgehead atoms. The topological polar surface area (TPSA) is 74.7 Å². The molecule has 5 heteroatoms. The maximum atomic E-state index is 9.00. The first-order valence-electron chi connectivity index (χ1n) is 5.16. The summed E-state index contributed by atoms with van der Waals surface area (Å²) < 4.78 is 0. The van der Waals surface area contributed by atoms with Gasteiger partial charge in [-0.3, -0.25) is 0 Å². The molecule has 0 fully saturated rings. The molecular formula is C12H12N4S. The van der Waals surface area contributed by atoms with Crippen molar-refractivity contribution in [1.29, 1.82) is 5.26 Å². The molecule has 0 spiro atoms. The number of rotatable bonds is 3. The van der Waals surface area contributed by atoms with Gasteiger partial charge in [0.2, 0.25) is 0 Å². The highest BCUT2D eigenvalue weighted by molar-refractivity contribution is 7.10. The van der Waals surface area contributed by atoms with Crippen LogP contribution in [0.2, 0.25) is 0 Å². The molecule has 2 rings (SSSR count). The van der Waals surface area contributed by atoms with Gasteiger partial charge in [-0.2, -0.15) is 5.26 Å². The van der Waals surface area contributed by atoms with Crippen LogP contribution in [0.15, 0.2) is 29.8 Å². The molecule has 0 amide bonds. The van der Waals surface area contributed by atoms with E-state index in [1.165, 1.54) is 4.88 Å². The van der Waals surface area contributed by atoms with E-state index in [1.54, 1.807) is 23.6 Å². The third kappa shape index (κ3) is 2.55. The minimum absolute atomic E-state index is 0.123. The maximum Gasteiger partial charge on any atom is 0.144 e. The SMILES string of the molecule is CC(Nc1ncc(N)cc1C#N)c1cccs1. The Labute approximate surface area is 104 Å². The summed E-state index contributed by atoms with van der Waals surface area (Å²) in [5, 5.41) is 14.2. The number of pyridine rings is 1. The van der Waals surface area contributed by atoms with E-state index < -0.39 is 0 Å². The lowest BCUT2D eigenvalue weighted by molar-refractivity contribution is 0.895. The molecule has 0 saturated heterocycles. The van der Waals surface area contributed by atoms with Gasteiger partial charge in [-0.1, -0.05) is 6.07 Å². The molecule has 17 heavy (non-hydrogen) atoms. The fourth-order valence-corrected chi connectivity index (χ4v) is 2.23. The Bertz CT molecular complexity index is 542. The standard InChI is InChI=1S/C12H12N4S/c1-8(11-3-2-4-17-11)16-12-9(6-13)5-10(14)7-15-12/h2-5,7-8H,14H2,1H3,(H,15,16). The summed E-state index contributed by atoms with van der Waals surface area (Å²) in [6, 6.07) is 7.88. The molecule has 86 valence electrons. The van der Waals surface area contributed by atoms with Crippen molar-refractivity contribution in [2.75, 3.05) is 11.1 Å². The van der Waals surface area contributed by atoms with Gasteiger partial charge in [0.05, 0.1) is 23.5 Å². The highest BCUT2D eigenvalue weighted by Gasteiger charge is 2.10. The Kier molecular flexibility index (Phi) is 3.26. The third-order valence-electron chi connectivity index (χ3n) is 2.35. The predicted octanol–water partition coefficient (Wildman–Crippen LogP) is 2.77. The second-order valence-electron chi connectivity index (χ2n) is 3.66. The number of nitrogens with zero attached hydrogens (tertiary/aromatic N) is 2. The molecule has 0 saturated carbocycles. The third-order valence-corrected chi connectivity index (χ3v) is 3.41. The quantitative estimate of drug-likeness (QED) is 0.870. The van der Waals surface area contributed by atoms with Gasteiger partial charge in [-0.15, -0.1) is 11.3 Å². The Morgan fingerprint density at radius 3 is 3.06 bits per heavy atom. The summed E-state index contributed by atoms with van der Waals surface area (Å²) in [7, 11) is 0. The van der Waals surface area contributed by atoms with Gasteiger partial charge in [0.1, 0.15) is 11.9 Å². The number of anilines is 2. The van der Waals surface area contributed by atoms with E-state index in [-0.39, 0.29) is 6.04 Å². The van der Waals surface area contributed by atoms with E-state index in [0.717, 1.165) is 0 Å². The molecule has 0 aliphatic heterocycles. The van der Waals surface area contributed by atoms with E-state index in [2.05, 4.69) is 16.4 Å². The first kappa shape index (κ1) is 11.4. The lowest BCUT2D eigenvalue weighted by Gasteiger charge is -2.13. The molecule has 4 nitrogen and oxygen atoms in total. The maximum absolute atomic E-state index is 9.00. The molecule has 2 heterocycles. The van der Waals surface area contributed by atoms with Gasteiger partial charge in [0, 0.05) is 4.88 Å². The van der Waals surface area contributed by atoms with Gasteiger partial charge >= 0.3 is 0 Å². The average molecular weight is 244 g/mol. The largest absolute Gasteiger partial charge is 0.397 e. The van der Waals surface area contributed by atoms with Gasteiger partial charge in [-0.25, -0.2) is 4.98 Å². The van der Waals surface area contributed by atoms with Gasteiger partial charge in [0.15, 0.2) is 0 Å². The van der Waals surface area contributed by atoms with E-state index >= 15 is 0 Å². The molecule has 0 aliphatic rings. The van der Waals surface area contributed by atoms with Gasteiger partial charge in [-0.05, 0) is 24.4 Å². The Morgan fingerprint density at radius 2 is 2.41 bits per heavy atom. The lowest BCUT2D eigenvalue weighted by Crippen LogP contribution is -2.08. The molecule has 1 atom stereocenters. The van der Waals surface area contributed by atoms with Crippen LogP contribution in [-0.2, 0) is 0 Å². The van der Waals surface area contributed by atoms with Crippen LogP contribution in [0.25, 0.3) is 0 Å². The van der Waals surface area contributed by atoms with E-state index in [1.807, 2.05) is 24.4 Å². The zero-order valence-electron chi connectivity index (χ0n) is 9.34. The average Bonchev–Trinajstić information content (AvgIpc) is 2.85. The van der Waals surface area contributed by atoms with Crippen molar-refractivity contribution in [2.45, 2.75) is 13.0 Å². The number of aromatic nitrogens is 1. The number of hydrogen-bond acceptors (Lipinski definition) is 5. The van der Waals surface area contributed by atoms with Crippen molar-refractivity contribution in [2.24, 2.45) is 0 Å². The van der Waals surface area contributed by atoms with E-state index in [0.29, 0.717) is 17.1 Å². The number of nitrogens with one attached hydrogen (secondary N) is 1. The van der Waals surface area contributed by atoms with Crippen LogP contribution in [0.1, 0.15) is 23.4 Å². The molecule has 2 aromatic rings. The zero-order valence-corrected chi connectivity index (χ0v) is 10.2. The first-order chi connectivity index (χ1) is 8.20. The summed E-state index contributed by atoms with van der Waals surface area (Å²) in [6.45, 7) is 2.03. The molecule has 0 radical (unpaired) electrons. The molecule has 2 aromatic heterocycles. The van der Waals surface area contributed by atoms with Crippen LogP contribution in [0.3, 0.4) is 0 Å². The smallest absolute Gasteiger partial charge is 0.144 e. The molecule has 0 aromatic carbocycles. The summed E-state index contributed by atoms with van der Waals surface area (Å²) in [5.74, 6) is 0.572. The van der Waals surface area contributed by atoms with E-state index in [9.17, 15) is 0 Å². The van der Waals surface area contributed by atoms with Crippen molar-refractivity contribution in [3.05, 3.63) is 40.2 Å². The number of nitrogens with two attached hydrogens (primary N) is 1. The molecule has 0 aliphatic carbocycles. The van der Waals surface area contributed by atoms with Crippen molar-refractivity contribution in [1.82, 2.24) is 4.98 Å². The molecule has 3 N–H and O–H groups in total. The highest BCUT2D eigenvalue weighted by atomic mass is 32.1. The van der Waals surface area contributed by atoms with Crippen LogP contribution < -0.4 is 11.1 Å². The normalized spacial score (nSPS) is 11.8.